The van der Waals surface area contributed by atoms with Crippen molar-refractivity contribution in [2.45, 2.75) is 26.8 Å². The molecule has 1 heterocycles. The minimum atomic E-state index is -0.374. The first kappa shape index (κ1) is 15.3. The summed E-state index contributed by atoms with van der Waals surface area (Å²) in [5.41, 5.74) is 1.30. The van der Waals surface area contributed by atoms with Gasteiger partial charge < -0.3 is 10.2 Å². The molecule has 0 aliphatic carbocycles. The SMILES string of the molecule is CN=C(NCc1cccc([N+](=O)[O-])c1)N1CCC(C)(C)C1. The molecule has 0 spiro atoms. The van der Waals surface area contributed by atoms with E-state index in [1.54, 1.807) is 19.2 Å². The molecule has 0 unspecified atom stereocenters. The molecule has 0 saturated carbocycles. The van der Waals surface area contributed by atoms with E-state index in [9.17, 15) is 10.1 Å². The molecule has 6 nitrogen and oxygen atoms in total. The number of rotatable bonds is 3. The lowest BCUT2D eigenvalue weighted by Crippen LogP contribution is -2.40. The number of aliphatic imine (C=N–C) groups is 1. The molecule has 1 fully saturated rings. The Labute approximate surface area is 125 Å². The molecule has 114 valence electrons. The van der Waals surface area contributed by atoms with Gasteiger partial charge in [0.2, 0.25) is 0 Å². The molecule has 0 bridgehead atoms. The Bertz CT molecular complexity index is 554. The van der Waals surface area contributed by atoms with E-state index < -0.39 is 0 Å². The number of nitro benzene ring substituents is 1. The van der Waals surface area contributed by atoms with Crippen LogP contribution >= 0.6 is 0 Å². The van der Waals surface area contributed by atoms with Crippen LogP contribution in [0.5, 0.6) is 0 Å². The summed E-state index contributed by atoms with van der Waals surface area (Å²) in [6.45, 7) is 7.00. The molecule has 1 aromatic carbocycles. The lowest BCUT2D eigenvalue weighted by molar-refractivity contribution is -0.384. The molecule has 1 aliphatic heterocycles. The van der Waals surface area contributed by atoms with Gasteiger partial charge in [0.1, 0.15) is 0 Å². The zero-order valence-corrected chi connectivity index (χ0v) is 12.8. The molecular formula is C15H22N4O2. The van der Waals surface area contributed by atoms with Gasteiger partial charge in [0.05, 0.1) is 4.92 Å². The van der Waals surface area contributed by atoms with Crippen molar-refractivity contribution in [2.75, 3.05) is 20.1 Å². The Morgan fingerprint density at radius 1 is 1.52 bits per heavy atom. The molecule has 0 aromatic heterocycles. The van der Waals surface area contributed by atoms with Crippen LogP contribution in [-0.2, 0) is 6.54 Å². The standard InChI is InChI=1S/C15H22N4O2/c1-15(2)7-8-18(11-15)14(16-3)17-10-12-5-4-6-13(9-12)19(20)21/h4-6,9H,7-8,10-11H2,1-3H3,(H,16,17). The first-order chi connectivity index (χ1) is 9.91. The normalized spacial score (nSPS) is 17.9. The van der Waals surface area contributed by atoms with E-state index in [4.69, 9.17) is 0 Å². The predicted octanol–water partition coefficient (Wildman–Crippen LogP) is 2.40. The average Bonchev–Trinajstić information content (AvgIpc) is 2.80. The van der Waals surface area contributed by atoms with Gasteiger partial charge in [-0.25, -0.2) is 0 Å². The first-order valence-electron chi connectivity index (χ1n) is 7.10. The fourth-order valence-electron chi connectivity index (χ4n) is 2.59. The summed E-state index contributed by atoms with van der Waals surface area (Å²) in [5.74, 6) is 0.854. The van der Waals surface area contributed by atoms with Gasteiger partial charge in [-0.15, -0.1) is 0 Å². The van der Waals surface area contributed by atoms with Crippen LogP contribution in [0.1, 0.15) is 25.8 Å². The summed E-state index contributed by atoms with van der Waals surface area (Å²) < 4.78 is 0. The van der Waals surface area contributed by atoms with Crippen molar-refractivity contribution >= 4 is 11.6 Å². The Hall–Kier alpha value is -2.11. The lowest BCUT2D eigenvalue weighted by atomic mass is 9.93. The Kier molecular flexibility index (Phi) is 4.45. The van der Waals surface area contributed by atoms with E-state index >= 15 is 0 Å². The van der Waals surface area contributed by atoms with Gasteiger partial charge in [0.25, 0.3) is 5.69 Å². The molecule has 0 amide bonds. The van der Waals surface area contributed by atoms with E-state index in [2.05, 4.69) is 29.1 Å². The van der Waals surface area contributed by atoms with E-state index in [1.165, 1.54) is 6.07 Å². The van der Waals surface area contributed by atoms with Crippen molar-refractivity contribution in [3.05, 3.63) is 39.9 Å². The van der Waals surface area contributed by atoms with Crippen LogP contribution in [0.25, 0.3) is 0 Å². The van der Waals surface area contributed by atoms with Crippen LogP contribution in [0.3, 0.4) is 0 Å². The van der Waals surface area contributed by atoms with Gasteiger partial charge in [-0.1, -0.05) is 26.0 Å². The second-order valence-electron chi connectivity index (χ2n) is 6.16. The third kappa shape index (κ3) is 3.93. The zero-order chi connectivity index (χ0) is 15.5. The third-order valence-corrected chi connectivity index (χ3v) is 3.76. The van der Waals surface area contributed by atoms with Crippen LogP contribution in [0.15, 0.2) is 29.3 Å². The number of nitro groups is 1. The molecule has 0 atom stereocenters. The summed E-state index contributed by atoms with van der Waals surface area (Å²) in [4.78, 5) is 16.9. The Morgan fingerprint density at radius 2 is 2.29 bits per heavy atom. The molecule has 21 heavy (non-hydrogen) atoms. The van der Waals surface area contributed by atoms with Crippen LogP contribution < -0.4 is 5.32 Å². The second kappa shape index (κ2) is 6.11. The smallest absolute Gasteiger partial charge is 0.269 e. The van der Waals surface area contributed by atoms with E-state index in [0.29, 0.717) is 12.0 Å². The van der Waals surface area contributed by atoms with Gasteiger partial charge in [-0.2, -0.15) is 0 Å². The van der Waals surface area contributed by atoms with Crippen LogP contribution in [0.4, 0.5) is 5.69 Å². The van der Waals surface area contributed by atoms with Crippen molar-refractivity contribution in [2.24, 2.45) is 10.4 Å². The highest BCUT2D eigenvalue weighted by Crippen LogP contribution is 2.28. The van der Waals surface area contributed by atoms with Crippen molar-refractivity contribution in [3.63, 3.8) is 0 Å². The number of benzene rings is 1. The van der Waals surface area contributed by atoms with E-state index in [0.717, 1.165) is 31.0 Å². The molecular weight excluding hydrogens is 268 g/mol. The van der Waals surface area contributed by atoms with Gasteiger partial charge >= 0.3 is 0 Å². The first-order valence-corrected chi connectivity index (χ1v) is 7.10. The molecule has 6 heteroatoms. The molecule has 2 rings (SSSR count). The number of nitrogens with one attached hydrogen (secondary N) is 1. The summed E-state index contributed by atoms with van der Waals surface area (Å²) in [7, 11) is 1.76. The van der Waals surface area contributed by atoms with Gasteiger partial charge in [0, 0.05) is 38.8 Å². The van der Waals surface area contributed by atoms with Crippen molar-refractivity contribution < 1.29 is 4.92 Å². The average molecular weight is 290 g/mol. The zero-order valence-electron chi connectivity index (χ0n) is 12.8. The highest BCUT2D eigenvalue weighted by molar-refractivity contribution is 5.80. The monoisotopic (exact) mass is 290 g/mol. The van der Waals surface area contributed by atoms with Gasteiger partial charge in [0.15, 0.2) is 5.96 Å². The van der Waals surface area contributed by atoms with Crippen LogP contribution in [0.2, 0.25) is 0 Å². The number of likely N-dealkylation sites (tertiary alicyclic amines) is 1. The van der Waals surface area contributed by atoms with Crippen molar-refractivity contribution in [1.29, 1.82) is 0 Å². The third-order valence-electron chi connectivity index (χ3n) is 3.76. The highest BCUT2D eigenvalue weighted by Gasteiger charge is 2.30. The maximum Gasteiger partial charge on any atom is 0.269 e. The minimum absolute atomic E-state index is 0.117. The fourth-order valence-corrected chi connectivity index (χ4v) is 2.59. The molecule has 0 radical (unpaired) electrons. The fraction of sp³-hybridized carbons (Fsp3) is 0.533. The molecule has 1 aromatic rings. The number of non-ortho nitro benzene ring substituents is 1. The van der Waals surface area contributed by atoms with Crippen molar-refractivity contribution in [3.8, 4) is 0 Å². The lowest BCUT2D eigenvalue weighted by Gasteiger charge is -2.23. The summed E-state index contributed by atoms with van der Waals surface area (Å²) >= 11 is 0. The number of guanidine groups is 1. The Morgan fingerprint density at radius 3 is 2.86 bits per heavy atom. The summed E-state index contributed by atoms with van der Waals surface area (Å²) in [6, 6.07) is 6.67. The Balaban J connectivity index is 1.98. The predicted molar refractivity (Wildman–Crippen MR) is 83.3 cm³/mol. The maximum atomic E-state index is 10.8. The highest BCUT2D eigenvalue weighted by atomic mass is 16.6. The molecule has 1 saturated heterocycles. The van der Waals surface area contributed by atoms with Crippen LogP contribution in [0, 0.1) is 15.5 Å². The van der Waals surface area contributed by atoms with Crippen LogP contribution in [-0.4, -0.2) is 35.9 Å². The van der Waals surface area contributed by atoms with Crippen molar-refractivity contribution in [1.82, 2.24) is 10.2 Å². The summed E-state index contributed by atoms with van der Waals surface area (Å²) in [6.07, 6.45) is 1.14. The van der Waals surface area contributed by atoms with Gasteiger partial charge in [-0.05, 0) is 17.4 Å². The molecule has 1 N–H and O–H groups in total. The number of hydrogen-bond donors (Lipinski definition) is 1. The van der Waals surface area contributed by atoms with Gasteiger partial charge in [-0.3, -0.25) is 15.1 Å². The largest absolute Gasteiger partial charge is 0.352 e. The summed E-state index contributed by atoms with van der Waals surface area (Å²) in [5, 5.41) is 14.1. The number of hydrogen-bond acceptors (Lipinski definition) is 3. The number of nitrogens with zero attached hydrogens (tertiary/aromatic N) is 3. The minimum Gasteiger partial charge on any atom is -0.352 e. The molecule has 1 aliphatic rings. The van der Waals surface area contributed by atoms with E-state index in [-0.39, 0.29) is 10.6 Å². The van der Waals surface area contributed by atoms with E-state index in [1.807, 2.05) is 6.07 Å². The second-order valence-corrected chi connectivity index (χ2v) is 6.16. The quantitative estimate of drug-likeness (QED) is 0.401. The topological polar surface area (TPSA) is 70.8 Å². The maximum absolute atomic E-state index is 10.8.